The standard InChI is InChI=1S/C24H31F3NO/c1-20-11-10-14-22(24(25,26)27)23(20)29-18-17-28(15-8-3-2-4-9-16-28)19-21-12-6-5-7-13-21/h5-7,10-14H,2-4,8-9,15-19H2,1H3/q+1. The molecule has 0 N–H and O–H groups in total. The van der Waals surface area contributed by atoms with Gasteiger partial charge in [0.15, 0.2) is 0 Å². The first-order chi connectivity index (χ1) is 13.9. The number of rotatable bonds is 6. The Balaban J connectivity index is 1.75. The largest absolute Gasteiger partial charge is 0.487 e. The molecule has 0 saturated carbocycles. The van der Waals surface area contributed by atoms with Gasteiger partial charge in [0.2, 0.25) is 0 Å². The van der Waals surface area contributed by atoms with Gasteiger partial charge in [-0.3, -0.25) is 0 Å². The molecule has 0 aliphatic carbocycles. The molecule has 1 saturated heterocycles. The first-order valence-electron chi connectivity index (χ1n) is 10.6. The van der Waals surface area contributed by atoms with Crippen LogP contribution in [0.25, 0.3) is 0 Å². The quantitative estimate of drug-likeness (QED) is 0.506. The number of ether oxygens (including phenoxy) is 1. The molecule has 29 heavy (non-hydrogen) atoms. The molecule has 0 bridgehead atoms. The normalized spacial score (nSPS) is 17.4. The highest BCUT2D eigenvalue weighted by atomic mass is 19.4. The Morgan fingerprint density at radius 1 is 0.862 bits per heavy atom. The zero-order valence-corrected chi connectivity index (χ0v) is 17.2. The fourth-order valence-electron chi connectivity index (χ4n) is 4.38. The molecule has 0 radical (unpaired) electrons. The van der Waals surface area contributed by atoms with Gasteiger partial charge in [-0.05, 0) is 44.2 Å². The van der Waals surface area contributed by atoms with Crippen molar-refractivity contribution in [2.75, 3.05) is 26.2 Å². The molecule has 0 spiro atoms. The van der Waals surface area contributed by atoms with Gasteiger partial charge in [-0.25, -0.2) is 0 Å². The van der Waals surface area contributed by atoms with E-state index in [1.807, 2.05) is 6.07 Å². The van der Waals surface area contributed by atoms with Crippen molar-refractivity contribution in [2.24, 2.45) is 0 Å². The van der Waals surface area contributed by atoms with E-state index in [9.17, 15) is 13.2 Å². The molecule has 0 amide bonds. The number of halogens is 3. The summed E-state index contributed by atoms with van der Waals surface area (Å²) < 4.78 is 46.8. The smallest absolute Gasteiger partial charge is 0.419 e. The molecule has 2 aromatic carbocycles. The number of benzene rings is 2. The van der Waals surface area contributed by atoms with E-state index in [0.29, 0.717) is 12.2 Å². The summed E-state index contributed by atoms with van der Waals surface area (Å²) in [6.07, 6.45) is 1.64. The minimum Gasteiger partial charge on any atom is -0.487 e. The molecule has 158 valence electrons. The first kappa shape index (κ1) is 21.7. The lowest BCUT2D eigenvalue weighted by atomic mass is 10.0. The molecule has 2 aromatic rings. The molecule has 1 aliphatic rings. The molecular weight excluding hydrogens is 375 g/mol. The SMILES string of the molecule is Cc1cccc(C(F)(F)F)c1OCC[N+]1(Cc2ccccc2)CCCCCCC1. The van der Waals surface area contributed by atoms with Crippen LogP contribution < -0.4 is 4.74 Å². The second-order valence-electron chi connectivity index (χ2n) is 8.22. The lowest BCUT2D eigenvalue weighted by Crippen LogP contribution is -2.51. The zero-order chi connectivity index (χ0) is 20.7. The van der Waals surface area contributed by atoms with Gasteiger partial charge in [-0.2, -0.15) is 13.2 Å². The molecule has 1 aliphatic heterocycles. The van der Waals surface area contributed by atoms with E-state index in [-0.39, 0.29) is 5.75 Å². The van der Waals surface area contributed by atoms with Gasteiger partial charge in [0.1, 0.15) is 25.4 Å². The summed E-state index contributed by atoms with van der Waals surface area (Å²) in [6, 6.07) is 14.6. The molecule has 2 nitrogen and oxygen atoms in total. The summed E-state index contributed by atoms with van der Waals surface area (Å²) in [6.45, 7) is 5.71. The third kappa shape index (κ3) is 5.99. The van der Waals surface area contributed by atoms with Gasteiger partial charge in [-0.15, -0.1) is 0 Å². The molecule has 5 heteroatoms. The van der Waals surface area contributed by atoms with Gasteiger partial charge in [-0.1, -0.05) is 48.9 Å². The number of nitrogens with zero attached hydrogens (tertiary/aromatic N) is 1. The van der Waals surface area contributed by atoms with Gasteiger partial charge in [0.05, 0.1) is 18.7 Å². The van der Waals surface area contributed by atoms with Gasteiger partial charge in [0, 0.05) is 5.56 Å². The van der Waals surface area contributed by atoms with Crippen molar-refractivity contribution in [3.8, 4) is 5.75 Å². The topological polar surface area (TPSA) is 9.23 Å². The summed E-state index contributed by atoms with van der Waals surface area (Å²) in [5, 5.41) is 0. The molecule has 0 unspecified atom stereocenters. The Morgan fingerprint density at radius 3 is 2.17 bits per heavy atom. The maximum atomic E-state index is 13.4. The molecular formula is C24H31F3NO+. The van der Waals surface area contributed by atoms with Crippen molar-refractivity contribution < 1.29 is 22.4 Å². The van der Waals surface area contributed by atoms with Crippen LogP contribution >= 0.6 is 0 Å². The summed E-state index contributed by atoms with van der Waals surface area (Å²) in [4.78, 5) is 0. The van der Waals surface area contributed by atoms with Gasteiger partial charge < -0.3 is 9.22 Å². The van der Waals surface area contributed by atoms with E-state index in [0.717, 1.165) is 49.6 Å². The highest BCUT2D eigenvalue weighted by molar-refractivity contribution is 5.42. The van der Waals surface area contributed by atoms with E-state index in [2.05, 4.69) is 24.3 Å². The average Bonchev–Trinajstić information content (AvgIpc) is 2.66. The van der Waals surface area contributed by atoms with Crippen LogP contribution in [0.4, 0.5) is 13.2 Å². The highest BCUT2D eigenvalue weighted by Gasteiger charge is 2.35. The Hall–Kier alpha value is -2.01. The maximum Gasteiger partial charge on any atom is 0.419 e. The third-order valence-corrected chi connectivity index (χ3v) is 5.96. The van der Waals surface area contributed by atoms with Crippen LogP contribution in [-0.4, -0.2) is 30.7 Å². The van der Waals surface area contributed by atoms with Crippen molar-refractivity contribution >= 4 is 0 Å². The van der Waals surface area contributed by atoms with Gasteiger partial charge >= 0.3 is 6.18 Å². The Kier molecular flexibility index (Phi) is 7.23. The number of quaternary nitrogens is 1. The summed E-state index contributed by atoms with van der Waals surface area (Å²) in [5.74, 6) is -0.0232. The lowest BCUT2D eigenvalue weighted by Gasteiger charge is -2.40. The van der Waals surface area contributed by atoms with Crippen LogP contribution in [0.15, 0.2) is 48.5 Å². The van der Waals surface area contributed by atoms with E-state index >= 15 is 0 Å². The highest BCUT2D eigenvalue weighted by Crippen LogP contribution is 2.38. The van der Waals surface area contributed by atoms with Crippen molar-refractivity contribution in [1.82, 2.24) is 0 Å². The second kappa shape index (κ2) is 9.66. The number of aryl methyl sites for hydroxylation is 1. The van der Waals surface area contributed by atoms with Crippen LogP contribution in [-0.2, 0) is 12.7 Å². The van der Waals surface area contributed by atoms with Crippen LogP contribution in [0.5, 0.6) is 5.75 Å². The van der Waals surface area contributed by atoms with Crippen molar-refractivity contribution in [3.63, 3.8) is 0 Å². The van der Waals surface area contributed by atoms with E-state index < -0.39 is 11.7 Å². The van der Waals surface area contributed by atoms with Gasteiger partial charge in [0.25, 0.3) is 0 Å². The average molecular weight is 407 g/mol. The van der Waals surface area contributed by atoms with Crippen LogP contribution in [0.3, 0.4) is 0 Å². The Bertz CT molecular complexity index is 765. The fourth-order valence-corrected chi connectivity index (χ4v) is 4.38. The molecule has 1 fully saturated rings. The Morgan fingerprint density at radius 2 is 1.52 bits per heavy atom. The van der Waals surface area contributed by atoms with E-state index in [4.69, 9.17) is 4.74 Å². The predicted molar refractivity (Wildman–Crippen MR) is 110 cm³/mol. The number of hydrogen-bond acceptors (Lipinski definition) is 1. The number of para-hydroxylation sites is 1. The monoisotopic (exact) mass is 406 g/mol. The number of alkyl halides is 3. The summed E-state index contributed by atoms with van der Waals surface area (Å²) in [5.41, 5.74) is 1.13. The summed E-state index contributed by atoms with van der Waals surface area (Å²) >= 11 is 0. The third-order valence-electron chi connectivity index (χ3n) is 5.96. The van der Waals surface area contributed by atoms with Crippen LogP contribution in [0.1, 0.15) is 48.8 Å². The summed E-state index contributed by atoms with van der Waals surface area (Å²) in [7, 11) is 0. The maximum absolute atomic E-state index is 13.4. The fraction of sp³-hybridized carbons (Fsp3) is 0.500. The van der Waals surface area contributed by atoms with E-state index in [1.54, 1.807) is 13.0 Å². The number of likely N-dealkylation sites (tertiary alicyclic amines) is 1. The minimum absolute atomic E-state index is 0.0232. The molecule has 1 heterocycles. The van der Waals surface area contributed by atoms with E-state index in [1.165, 1.54) is 30.9 Å². The van der Waals surface area contributed by atoms with Crippen LogP contribution in [0, 0.1) is 6.92 Å². The van der Waals surface area contributed by atoms with Crippen molar-refractivity contribution in [1.29, 1.82) is 0 Å². The lowest BCUT2D eigenvalue weighted by molar-refractivity contribution is -0.941. The molecule has 3 rings (SSSR count). The second-order valence-corrected chi connectivity index (χ2v) is 8.22. The van der Waals surface area contributed by atoms with Crippen molar-refractivity contribution in [2.45, 2.75) is 51.7 Å². The first-order valence-corrected chi connectivity index (χ1v) is 10.6. The number of hydrogen-bond donors (Lipinski definition) is 0. The zero-order valence-electron chi connectivity index (χ0n) is 17.2. The van der Waals surface area contributed by atoms with Crippen molar-refractivity contribution in [3.05, 3.63) is 65.2 Å². The molecule has 0 aromatic heterocycles. The molecule has 0 atom stereocenters. The van der Waals surface area contributed by atoms with Crippen LogP contribution in [0.2, 0.25) is 0 Å². The Labute approximate surface area is 171 Å². The minimum atomic E-state index is -4.40. The predicted octanol–water partition coefficient (Wildman–Crippen LogP) is 6.37.